The van der Waals surface area contributed by atoms with Gasteiger partial charge in [-0.05, 0) is 68.4 Å². The molecule has 4 nitrogen and oxygen atoms in total. The second-order valence-corrected chi connectivity index (χ2v) is 11.3. The molecule has 0 saturated heterocycles. The Labute approximate surface area is 197 Å². The fourth-order valence-corrected chi connectivity index (χ4v) is 6.72. The summed E-state index contributed by atoms with van der Waals surface area (Å²) < 4.78 is 0. The van der Waals surface area contributed by atoms with Gasteiger partial charge in [-0.15, -0.1) is 0 Å². The predicted molar refractivity (Wildman–Crippen MR) is 134 cm³/mol. The Balaban J connectivity index is 1.64. The molecule has 4 heteroatoms. The van der Waals surface area contributed by atoms with Gasteiger partial charge in [-0.2, -0.15) is 0 Å². The number of nitrogens with zero attached hydrogens (tertiary/aromatic N) is 2. The molecule has 0 bridgehead atoms. The van der Waals surface area contributed by atoms with Crippen LogP contribution < -0.4 is 0 Å². The summed E-state index contributed by atoms with van der Waals surface area (Å²) in [6, 6.07) is 0.188. The minimum atomic E-state index is -0.418. The zero-order valence-corrected chi connectivity index (χ0v) is 20.9. The summed E-state index contributed by atoms with van der Waals surface area (Å²) in [5.41, 5.74) is 1.53. The lowest BCUT2D eigenvalue weighted by molar-refractivity contribution is -0.519. The van der Waals surface area contributed by atoms with Crippen molar-refractivity contribution in [1.29, 1.82) is 0 Å². The van der Waals surface area contributed by atoms with E-state index in [2.05, 4.69) is 30.7 Å². The van der Waals surface area contributed by atoms with E-state index in [4.69, 9.17) is 0 Å². The van der Waals surface area contributed by atoms with E-state index in [1.807, 2.05) is 0 Å². The van der Waals surface area contributed by atoms with Crippen molar-refractivity contribution in [1.82, 2.24) is 4.90 Å². The second-order valence-electron chi connectivity index (χ2n) is 11.3. The monoisotopic (exact) mass is 444 g/mol. The third-order valence-electron chi connectivity index (χ3n) is 8.74. The van der Waals surface area contributed by atoms with Gasteiger partial charge in [-0.25, -0.2) is 0 Å². The van der Waals surface area contributed by atoms with Crippen molar-refractivity contribution in [3.63, 3.8) is 0 Å². The van der Waals surface area contributed by atoms with E-state index in [1.165, 1.54) is 89.2 Å². The van der Waals surface area contributed by atoms with Gasteiger partial charge >= 0.3 is 0 Å². The molecule has 182 valence electrons. The van der Waals surface area contributed by atoms with E-state index in [0.29, 0.717) is 24.3 Å². The van der Waals surface area contributed by atoms with Crippen LogP contribution in [0.25, 0.3) is 0 Å². The smallest absolute Gasteiger partial charge is 0.210 e. The van der Waals surface area contributed by atoms with Gasteiger partial charge in [0.2, 0.25) is 6.04 Å². The Bertz CT molecular complexity index is 625. The van der Waals surface area contributed by atoms with Gasteiger partial charge in [0.1, 0.15) is 0 Å². The normalized spacial score (nSPS) is 30.4. The fraction of sp³-hybridized carbons (Fsp3) is 0.857. The van der Waals surface area contributed by atoms with Crippen molar-refractivity contribution in [3.05, 3.63) is 34.7 Å². The third kappa shape index (κ3) is 7.35. The van der Waals surface area contributed by atoms with Gasteiger partial charge in [0.15, 0.2) is 0 Å². The van der Waals surface area contributed by atoms with Gasteiger partial charge in [0.05, 0.1) is 0 Å². The lowest BCUT2D eigenvalue weighted by atomic mass is 9.76. The quantitative estimate of drug-likeness (QED) is 0.239. The molecule has 0 aromatic heterocycles. The van der Waals surface area contributed by atoms with Gasteiger partial charge in [0.25, 0.3) is 0 Å². The van der Waals surface area contributed by atoms with Crippen LogP contribution in [0.3, 0.4) is 0 Å². The number of hydrogen-bond donors (Lipinski definition) is 0. The molecule has 3 aliphatic carbocycles. The maximum atomic E-state index is 11.1. The van der Waals surface area contributed by atoms with Crippen LogP contribution in [0, 0.1) is 33.8 Å². The predicted octanol–water partition coefficient (Wildman–Crippen LogP) is 8.12. The lowest BCUT2D eigenvalue weighted by Gasteiger charge is -2.42. The van der Waals surface area contributed by atoms with Crippen LogP contribution in [0.2, 0.25) is 0 Å². The largest absolute Gasteiger partial charge is 0.349 e. The molecule has 0 spiro atoms. The fourth-order valence-electron chi connectivity index (χ4n) is 6.72. The van der Waals surface area contributed by atoms with Crippen LogP contribution in [0.4, 0.5) is 0 Å². The molecule has 3 rings (SSSR count). The zero-order valence-electron chi connectivity index (χ0n) is 20.9. The van der Waals surface area contributed by atoms with Crippen molar-refractivity contribution < 1.29 is 4.92 Å². The molecular weight excluding hydrogens is 396 g/mol. The molecule has 0 amide bonds. The average Bonchev–Trinajstić information content (AvgIpc) is 2.79. The van der Waals surface area contributed by atoms with Gasteiger partial charge in [-0.1, -0.05) is 77.4 Å². The Kier molecular flexibility index (Phi) is 10.1. The molecule has 2 saturated carbocycles. The van der Waals surface area contributed by atoms with Gasteiger partial charge < -0.3 is 4.90 Å². The Morgan fingerprint density at radius 2 is 1.88 bits per heavy atom. The van der Waals surface area contributed by atoms with Crippen LogP contribution in [0.1, 0.15) is 117 Å². The summed E-state index contributed by atoms with van der Waals surface area (Å²) in [5.74, 6) is 2.95. The van der Waals surface area contributed by atoms with E-state index in [9.17, 15) is 10.1 Å². The third-order valence-corrected chi connectivity index (χ3v) is 8.74. The highest BCUT2D eigenvalue weighted by Crippen LogP contribution is 2.41. The van der Waals surface area contributed by atoms with Gasteiger partial charge in [-0.3, -0.25) is 10.1 Å². The summed E-state index contributed by atoms with van der Waals surface area (Å²) >= 11 is 0. The molecule has 3 aliphatic rings. The highest BCUT2D eigenvalue weighted by Gasteiger charge is 2.32. The average molecular weight is 445 g/mol. The number of rotatable bonds is 11. The Morgan fingerprint density at radius 3 is 2.56 bits per heavy atom. The van der Waals surface area contributed by atoms with E-state index in [0.717, 1.165) is 24.7 Å². The molecule has 0 aromatic carbocycles. The zero-order chi connectivity index (χ0) is 22.9. The first-order chi connectivity index (χ1) is 15.5. The summed E-state index contributed by atoms with van der Waals surface area (Å²) in [6.45, 7) is 8.39. The summed E-state index contributed by atoms with van der Waals surface area (Å²) in [4.78, 5) is 13.5. The highest BCUT2D eigenvalue weighted by molar-refractivity contribution is 5.15. The maximum absolute atomic E-state index is 11.1. The lowest BCUT2D eigenvalue weighted by Crippen LogP contribution is -2.38. The number of hydrogen-bond acceptors (Lipinski definition) is 3. The molecule has 0 radical (unpaired) electrons. The topological polar surface area (TPSA) is 46.4 Å². The van der Waals surface area contributed by atoms with Crippen LogP contribution >= 0.6 is 0 Å². The van der Waals surface area contributed by atoms with E-state index in [1.54, 1.807) is 6.92 Å². The molecule has 3 unspecified atom stereocenters. The first-order valence-corrected chi connectivity index (χ1v) is 13.7. The second kappa shape index (κ2) is 12.8. The number of nitro groups is 1. The Hall–Kier alpha value is -1.32. The summed E-state index contributed by atoms with van der Waals surface area (Å²) in [7, 11) is 0. The molecule has 0 aromatic rings. The van der Waals surface area contributed by atoms with Crippen molar-refractivity contribution in [2.75, 3.05) is 0 Å². The van der Waals surface area contributed by atoms with Crippen LogP contribution in [-0.2, 0) is 0 Å². The van der Waals surface area contributed by atoms with Crippen molar-refractivity contribution in [3.8, 4) is 0 Å². The summed E-state index contributed by atoms with van der Waals surface area (Å²) in [6.07, 6.45) is 25.0. The maximum Gasteiger partial charge on any atom is 0.210 e. The van der Waals surface area contributed by atoms with Crippen LogP contribution in [0.5, 0.6) is 0 Å². The van der Waals surface area contributed by atoms with Crippen molar-refractivity contribution in [2.45, 2.75) is 129 Å². The molecule has 32 heavy (non-hydrogen) atoms. The standard InChI is InChI=1S/C28H48N2O2/c1-4-29(27-15-8-10-22(2)20-27)28-19-18-25(17-16-23(3)30(31)32)21-26(28)14-9-13-24-11-6-5-7-12-24/h4,19,22-27H,1,5-18,20-21H2,2-3H3/t22-,23?,25?,26+,27?/m1/s1. The minimum absolute atomic E-state index is 0.116. The van der Waals surface area contributed by atoms with Crippen LogP contribution in [0.15, 0.2) is 24.6 Å². The molecule has 0 aliphatic heterocycles. The first-order valence-electron chi connectivity index (χ1n) is 13.7. The SMILES string of the molecule is C=CN(C1=CCC(CCC(C)[N+](=O)[O-])C[C@@H]1CCCC1CCCCC1)C1CCC[C@@H](C)C1. The highest BCUT2D eigenvalue weighted by atomic mass is 16.6. The molecule has 2 fully saturated rings. The number of allylic oxidation sites excluding steroid dienone is 2. The first kappa shape index (κ1) is 25.3. The molecular formula is C28H48N2O2. The van der Waals surface area contributed by atoms with E-state index in [-0.39, 0.29) is 4.92 Å². The summed E-state index contributed by atoms with van der Waals surface area (Å²) in [5, 5.41) is 11.1. The molecule has 0 heterocycles. The molecule has 5 atom stereocenters. The van der Waals surface area contributed by atoms with E-state index < -0.39 is 6.04 Å². The van der Waals surface area contributed by atoms with Crippen LogP contribution in [-0.4, -0.2) is 21.9 Å². The minimum Gasteiger partial charge on any atom is -0.349 e. The van der Waals surface area contributed by atoms with E-state index >= 15 is 0 Å². The molecule has 0 N–H and O–H groups in total. The van der Waals surface area contributed by atoms with Crippen molar-refractivity contribution in [2.24, 2.45) is 23.7 Å². The van der Waals surface area contributed by atoms with Crippen molar-refractivity contribution >= 4 is 0 Å². The Morgan fingerprint density at radius 1 is 1.09 bits per heavy atom. The van der Waals surface area contributed by atoms with Gasteiger partial charge in [0, 0.05) is 30.0 Å².